The fourth-order valence-electron chi connectivity index (χ4n) is 1.30. The molecule has 0 spiro atoms. The first-order valence-corrected chi connectivity index (χ1v) is 6.28. The summed E-state index contributed by atoms with van der Waals surface area (Å²) in [6, 6.07) is 3.23. The third-order valence-corrected chi connectivity index (χ3v) is 3.08. The molecule has 0 saturated carbocycles. The summed E-state index contributed by atoms with van der Waals surface area (Å²) in [6.07, 6.45) is 0. The summed E-state index contributed by atoms with van der Waals surface area (Å²) < 4.78 is 26.2. The van der Waals surface area contributed by atoms with Crippen LogP contribution >= 0.6 is 22.9 Å². The van der Waals surface area contributed by atoms with E-state index in [9.17, 15) is 13.6 Å². The molecule has 3 nitrogen and oxygen atoms in total. The van der Waals surface area contributed by atoms with Gasteiger partial charge in [-0.25, -0.2) is 13.8 Å². The first-order valence-electron chi connectivity index (χ1n) is 4.87. The zero-order valence-corrected chi connectivity index (χ0v) is 10.5. The second kappa shape index (κ2) is 5.41. The Labute approximate surface area is 110 Å². The average molecular weight is 289 g/mol. The number of nitrogens with one attached hydrogen (secondary N) is 1. The smallest absolute Gasteiger partial charge is 0.241 e. The SMILES string of the molecule is O=C(CCl)Nc1nc(-c2ccc(F)cc2F)cs1. The van der Waals surface area contributed by atoms with E-state index in [0.717, 1.165) is 23.5 Å². The number of nitrogens with zero attached hydrogens (tertiary/aromatic N) is 1. The fourth-order valence-corrected chi connectivity index (χ4v) is 2.10. The quantitative estimate of drug-likeness (QED) is 0.881. The summed E-state index contributed by atoms with van der Waals surface area (Å²) in [5.41, 5.74) is 0.515. The number of rotatable bonds is 3. The van der Waals surface area contributed by atoms with Crippen LogP contribution in [0.2, 0.25) is 0 Å². The number of carbonyl (C=O) groups is 1. The van der Waals surface area contributed by atoms with Gasteiger partial charge < -0.3 is 5.32 Å². The van der Waals surface area contributed by atoms with Crippen molar-refractivity contribution in [2.24, 2.45) is 0 Å². The van der Waals surface area contributed by atoms with Crippen molar-refractivity contribution in [3.05, 3.63) is 35.2 Å². The van der Waals surface area contributed by atoms with Crippen molar-refractivity contribution in [2.75, 3.05) is 11.2 Å². The second-order valence-electron chi connectivity index (χ2n) is 3.34. The van der Waals surface area contributed by atoms with E-state index in [2.05, 4.69) is 10.3 Å². The number of carbonyl (C=O) groups excluding carboxylic acids is 1. The molecule has 1 N–H and O–H groups in total. The molecule has 0 bridgehead atoms. The molecule has 2 aromatic rings. The van der Waals surface area contributed by atoms with Crippen molar-refractivity contribution in [2.45, 2.75) is 0 Å². The molecule has 94 valence electrons. The van der Waals surface area contributed by atoms with E-state index in [0.29, 0.717) is 10.8 Å². The third kappa shape index (κ3) is 2.83. The van der Waals surface area contributed by atoms with Crippen molar-refractivity contribution in [3.8, 4) is 11.3 Å². The van der Waals surface area contributed by atoms with Gasteiger partial charge in [0.1, 0.15) is 17.5 Å². The molecule has 0 aliphatic carbocycles. The van der Waals surface area contributed by atoms with Crippen LogP contribution in [0.5, 0.6) is 0 Å². The van der Waals surface area contributed by atoms with Gasteiger partial charge in [0, 0.05) is 17.0 Å². The minimum atomic E-state index is -0.699. The highest BCUT2D eigenvalue weighted by Crippen LogP contribution is 2.27. The Bertz CT molecular complexity index is 588. The van der Waals surface area contributed by atoms with E-state index in [1.165, 1.54) is 6.07 Å². The van der Waals surface area contributed by atoms with Gasteiger partial charge in [-0.15, -0.1) is 22.9 Å². The molecule has 1 aromatic heterocycles. The van der Waals surface area contributed by atoms with Crippen LogP contribution in [0, 0.1) is 11.6 Å². The van der Waals surface area contributed by atoms with Crippen LogP contribution in [0.1, 0.15) is 0 Å². The molecule has 0 radical (unpaired) electrons. The lowest BCUT2D eigenvalue weighted by molar-refractivity contribution is -0.113. The fraction of sp³-hybridized carbons (Fsp3) is 0.0909. The maximum atomic E-state index is 13.5. The van der Waals surface area contributed by atoms with Gasteiger partial charge in [-0.05, 0) is 12.1 Å². The van der Waals surface area contributed by atoms with Crippen LogP contribution in [0.4, 0.5) is 13.9 Å². The standard InChI is InChI=1S/C11H7ClF2N2OS/c12-4-10(17)16-11-15-9(5-18-11)7-2-1-6(13)3-8(7)14/h1-3,5H,4H2,(H,15,16,17). The Hall–Kier alpha value is -1.53. The molecule has 0 saturated heterocycles. The normalized spacial score (nSPS) is 10.4. The summed E-state index contributed by atoms with van der Waals surface area (Å²) in [5, 5.41) is 4.34. The molecule has 0 unspecified atom stereocenters. The maximum Gasteiger partial charge on any atom is 0.241 e. The van der Waals surface area contributed by atoms with Crippen molar-refractivity contribution in [1.82, 2.24) is 4.98 Å². The molecule has 18 heavy (non-hydrogen) atoms. The molecule has 0 atom stereocenters. The van der Waals surface area contributed by atoms with Crippen LogP contribution < -0.4 is 5.32 Å². The van der Waals surface area contributed by atoms with Gasteiger partial charge in [0.2, 0.25) is 5.91 Å². The number of anilines is 1. The van der Waals surface area contributed by atoms with Crippen LogP contribution in [-0.4, -0.2) is 16.8 Å². The predicted molar refractivity (Wildman–Crippen MR) is 66.8 cm³/mol. The summed E-state index contributed by atoms with van der Waals surface area (Å²) in [5.74, 6) is -1.92. The maximum absolute atomic E-state index is 13.5. The van der Waals surface area contributed by atoms with E-state index < -0.39 is 17.5 Å². The van der Waals surface area contributed by atoms with E-state index in [1.807, 2.05) is 0 Å². The topological polar surface area (TPSA) is 42.0 Å². The zero-order valence-electron chi connectivity index (χ0n) is 8.91. The van der Waals surface area contributed by atoms with Crippen LogP contribution in [0.3, 0.4) is 0 Å². The van der Waals surface area contributed by atoms with Gasteiger partial charge in [-0.3, -0.25) is 4.79 Å². The molecular formula is C11H7ClF2N2OS. The van der Waals surface area contributed by atoms with E-state index in [4.69, 9.17) is 11.6 Å². The van der Waals surface area contributed by atoms with Gasteiger partial charge in [0.15, 0.2) is 5.13 Å². The van der Waals surface area contributed by atoms with E-state index in [1.54, 1.807) is 5.38 Å². The number of benzene rings is 1. The lowest BCUT2D eigenvalue weighted by Crippen LogP contribution is -2.12. The highest BCUT2D eigenvalue weighted by atomic mass is 35.5. The highest BCUT2D eigenvalue weighted by Gasteiger charge is 2.11. The molecule has 7 heteroatoms. The summed E-state index contributed by atoms with van der Waals surface area (Å²) in [6.45, 7) is 0. The van der Waals surface area contributed by atoms with Gasteiger partial charge >= 0.3 is 0 Å². The molecule has 0 aliphatic heterocycles. The Morgan fingerprint density at radius 3 is 2.89 bits per heavy atom. The number of alkyl halides is 1. The molecule has 1 aromatic carbocycles. The van der Waals surface area contributed by atoms with Crippen molar-refractivity contribution >= 4 is 34.0 Å². The molecule has 0 aliphatic rings. The summed E-state index contributed by atoms with van der Waals surface area (Å²) in [7, 11) is 0. The first kappa shape index (κ1) is 12.9. The monoisotopic (exact) mass is 288 g/mol. The van der Waals surface area contributed by atoms with Crippen LogP contribution in [0.15, 0.2) is 23.6 Å². The number of thiazole rings is 1. The number of hydrogen-bond acceptors (Lipinski definition) is 3. The van der Waals surface area contributed by atoms with Crippen LogP contribution in [-0.2, 0) is 4.79 Å². The summed E-state index contributed by atoms with van der Waals surface area (Å²) in [4.78, 5) is 15.1. The minimum absolute atomic E-state index is 0.180. The number of halogens is 3. The largest absolute Gasteiger partial charge is 0.301 e. The first-order chi connectivity index (χ1) is 8.60. The van der Waals surface area contributed by atoms with Gasteiger partial charge in [0.25, 0.3) is 0 Å². The number of amides is 1. The second-order valence-corrected chi connectivity index (χ2v) is 4.47. The third-order valence-electron chi connectivity index (χ3n) is 2.08. The van der Waals surface area contributed by atoms with Gasteiger partial charge in [-0.2, -0.15) is 0 Å². The molecule has 1 heterocycles. The lowest BCUT2D eigenvalue weighted by atomic mass is 10.1. The Morgan fingerprint density at radius 1 is 1.44 bits per heavy atom. The van der Waals surface area contributed by atoms with E-state index >= 15 is 0 Å². The van der Waals surface area contributed by atoms with Crippen molar-refractivity contribution < 1.29 is 13.6 Å². The minimum Gasteiger partial charge on any atom is -0.301 e. The molecule has 2 rings (SSSR count). The van der Waals surface area contributed by atoms with Crippen molar-refractivity contribution in [1.29, 1.82) is 0 Å². The molecular weight excluding hydrogens is 282 g/mol. The van der Waals surface area contributed by atoms with Crippen molar-refractivity contribution in [3.63, 3.8) is 0 Å². The lowest BCUT2D eigenvalue weighted by Gasteiger charge is -1.99. The Morgan fingerprint density at radius 2 is 2.22 bits per heavy atom. The number of hydrogen-bond donors (Lipinski definition) is 1. The zero-order chi connectivity index (χ0) is 13.1. The number of aromatic nitrogens is 1. The van der Waals surface area contributed by atoms with Gasteiger partial charge in [0.05, 0.1) is 5.69 Å². The Kier molecular flexibility index (Phi) is 3.88. The highest BCUT2D eigenvalue weighted by molar-refractivity contribution is 7.14. The Balaban J connectivity index is 2.26. The van der Waals surface area contributed by atoms with E-state index in [-0.39, 0.29) is 11.4 Å². The summed E-state index contributed by atoms with van der Waals surface area (Å²) >= 11 is 6.47. The molecule has 1 amide bonds. The average Bonchev–Trinajstić information content (AvgIpc) is 2.77. The van der Waals surface area contributed by atoms with Crippen LogP contribution in [0.25, 0.3) is 11.3 Å². The molecule has 0 fully saturated rings. The van der Waals surface area contributed by atoms with Gasteiger partial charge in [-0.1, -0.05) is 0 Å². The predicted octanol–water partition coefficient (Wildman–Crippen LogP) is 3.27.